The van der Waals surface area contributed by atoms with Gasteiger partial charge in [0.25, 0.3) is 0 Å². The molecule has 0 aromatic carbocycles. The van der Waals surface area contributed by atoms with E-state index in [1.165, 1.54) is 0 Å². The van der Waals surface area contributed by atoms with Crippen molar-refractivity contribution >= 4 is 0 Å². The minimum atomic E-state index is 0.468. The normalized spacial score (nSPS) is 14.3. The molecular weight excluding hydrogens is 114 g/mol. The van der Waals surface area contributed by atoms with Crippen LogP contribution < -0.4 is 5.32 Å². The van der Waals surface area contributed by atoms with E-state index in [0.717, 1.165) is 6.61 Å². The van der Waals surface area contributed by atoms with Gasteiger partial charge < -0.3 is 10.1 Å². The van der Waals surface area contributed by atoms with E-state index in [1.54, 1.807) is 7.11 Å². The van der Waals surface area contributed by atoms with Crippen LogP contribution in [-0.2, 0) is 4.74 Å². The van der Waals surface area contributed by atoms with Crippen molar-refractivity contribution in [2.75, 3.05) is 13.7 Å². The molecule has 2 nitrogen and oxygen atoms in total. The van der Waals surface area contributed by atoms with E-state index in [0.29, 0.717) is 12.1 Å². The number of methoxy groups -OCH3 is 1. The average molecular weight is 131 g/mol. The van der Waals surface area contributed by atoms with Crippen LogP contribution in [0.1, 0.15) is 20.8 Å². The summed E-state index contributed by atoms with van der Waals surface area (Å²) in [5.41, 5.74) is 0. The lowest BCUT2D eigenvalue weighted by Gasteiger charge is -2.14. The van der Waals surface area contributed by atoms with Gasteiger partial charge in [-0.25, -0.2) is 0 Å². The van der Waals surface area contributed by atoms with Gasteiger partial charge in [0.1, 0.15) is 0 Å². The monoisotopic (exact) mass is 131 g/mol. The second kappa shape index (κ2) is 4.77. The first-order valence-electron chi connectivity index (χ1n) is 3.41. The quantitative estimate of drug-likeness (QED) is 0.615. The smallest absolute Gasteiger partial charge is 0.0613 e. The highest BCUT2D eigenvalue weighted by Crippen LogP contribution is 1.85. The molecule has 0 aliphatic heterocycles. The second-order valence-electron chi connectivity index (χ2n) is 2.68. The Hall–Kier alpha value is -0.0800. The van der Waals surface area contributed by atoms with Crippen LogP contribution in [0.5, 0.6) is 0 Å². The summed E-state index contributed by atoms with van der Waals surface area (Å²) in [7, 11) is 1.72. The highest BCUT2D eigenvalue weighted by molar-refractivity contribution is 4.61. The van der Waals surface area contributed by atoms with Crippen molar-refractivity contribution in [3.63, 3.8) is 0 Å². The van der Waals surface area contributed by atoms with Crippen molar-refractivity contribution in [2.24, 2.45) is 0 Å². The molecule has 0 saturated carbocycles. The number of ether oxygens (including phenoxy) is 1. The topological polar surface area (TPSA) is 21.3 Å². The molecule has 0 aromatic rings. The Labute approximate surface area is 57.6 Å². The lowest BCUT2D eigenvalue weighted by molar-refractivity contribution is 0.168. The van der Waals surface area contributed by atoms with E-state index in [2.05, 4.69) is 26.1 Å². The summed E-state index contributed by atoms with van der Waals surface area (Å²) < 4.78 is 4.94. The van der Waals surface area contributed by atoms with Crippen LogP contribution in [0, 0.1) is 0 Å². The van der Waals surface area contributed by atoms with E-state index < -0.39 is 0 Å². The zero-order valence-electron chi connectivity index (χ0n) is 6.77. The van der Waals surface area contributed by atoms with Crippen LogP contribution in [0.25, 0.3) is 0 Å². The van der Waals surface area contributed by atoms with Crippen LogP contribution >= 0.6 is 0 Å². The molecule has 56 valence electrons. The zero-order chi connectivity index (χ0) is 7.28. The largest absolute Gasteiger partial charge is 0.383 e. The van der Waals surface area contributed by atoms with Gasteiger partial charge in [-0.05, 0) is 6.92 Å². The summed E-state index contributed by atoms with van der Waals surface area (Å²) in [6.45, 7) is 7.17. The van der Waals surface area contributed by atoms with Crippen LogP contribution in [0.3, 0.4) is 0 Å². The Morgan fingerprint density at radius 3 is 2.22 bits per heavy atom. The van der Waals surface area contributed by atoms with Gasteiger partial charge in [-0.3, -0.25) is 0 Å². The Bertz CT molecular complexity index is 63.9. The number of hydrogen-bond acceptors (Lipinski definition) is 2. The van der Waals surface area contributed by atoms with Crippen molar-refractivity contribution in [3.8, 4) is 0 Å². The number of rotatable bonds is 4. The summed E-state index contributed by atoms with van der Waals surface area (Å²) in [6.07, 6.45) is 0. The Morgan fingerprint density at radius 1 is 1.33 bits per heavy atom. The SMILES string of the molecule is COC[C@@H](C)NC(C)C. The highest BCUT2D eigenvalue weighted by Gasteiger charge is 2.00. The van der Waals surface area contributed by atoms with E-state index in [9.17, 15) is 0 Å². The molecule has 0 aliphatic rings. The molecule has 0 fully saturated rings. The lowest BCUT2D eigenvalue weighted by atomic mass is 10.3. The van der Waals surface area contributed by atoms with Crippen molar-refractivity contribution in [3.05, 3.63) is 0 Å². The zero-order valence-corrected chi connectivity index (χ0v) is 6.77. The van der Waals surface area contributed by atoms with Gasteiger partial charge in [-0.15, -0.1) is 0 Å². The molecule has 0 radical (unpaired) electrons. The van der Waals surface area contributed by atoms with Crippen LogP contribution in [0.2, 0.25) is 0 Å². The van der Waals surface area contributed by atoms with E-state index in [4.69, 9.17) is 4.74 Å². The lowest BCUT2D eigenvalue weighted by Crippen LogP contribution is -2.35. The van der Waals surface area contributed by atoms with Gasteiger partial charge in [0.05, 0.1) is 6.61 Å². The maximum atomic E-state index is 4.94. The van der Waals surface area contributed by atoms with Gasteiger partial charge in [-0.1, -0.05) is 13.8 Å². The van der Waals surface area contributed by atoms with Crippen LogP contribution in [-0.4, -0.2) is 25.8 Å². The summed E-state index contributed by atoms with van der Waals surface area (Å²) in [6, 6.07) is 1.02. The minimum absolute atomic E-state index is 0.468. The van der Waals surface area contributed by atoms with Crippen LogP contribution in [0.4, 0.5) is 0 Å². The molecule has 0 aromatic heterocycles. The van der Waals surface area contributed by atoms with Gasteiger partial charge in [-0.2, -0.15) is 0 Å². The van der Waals surface area contributed by atoms with Crippen molar-refractivity contribution < 1.29 is 4.74 Å². The molecule has 0 bridgehead atoms. The summed E-state index contributed by atoms with van der Waals surface area (Å²) in [4.78, 5) is 0. The fourth-order valence-corrected chi connectivity index (χ4v) is 0.867. The van der Waals surface area contributed by atoms with Gasteiger partial charge in [0, 0.05) is 19.2 Å². The molecule has 0 rings (SSSR count). The fourth-order valence-electron chi connectivity index (χ4n) is 0.867. The van der Waals surface area contributed by atoms with Gasteiger partial charge >= 0.3 is 0 Å². The fraction of sp³-hybridized carbons (Fsp3) is 1.00. The number of nitrogens with one attached hydrogen (secondary N) is 1. The van der Waals surface area contributed by atoms with E-state index in [1.807, 2.05) is 0 Å². The second-order valence-corrected chi connectivity index (χ2v) is 2.68. The van der Waals surface area contributed by atoms with Gasteiger partial charge in [0.15, 0.2) is 0 Å². The Kier molecular flexibility index (Phi) is 4.72. The standard InChI is InChI=1S/C7H17NO/c1-6(2)8-7(3)5-9-4/h6-8H,5H2,1-4H3/t7-/m1/s1. The third kappa shape index (κ3) is 5.80. The number of hydrogen-bond donors (Lipinski definition) is 1. The van der Waals surface area contributed by atoms with Gasteiger partial charge in [0.2, 0.25) is 0 Å². The average Bonchev–Trinajstić information content (AvgIpc) is 1.63. The third-order valence-electron chi connectivity index (χ3n) is 1.03. The molecule has 1 N–H and O–H groups in total. The molecule has 0 spiro atoms. The predicted octanol–water partition coefficient (Wildman–Crippen LogP) is 1.02. The summed E-state index contributed by atoms with van der Waals surface area (Å²) >= 11 is 0. The molecule has 2 heteroatoms. The first-order valence-corrected chi connectivity index (χ1v) is 3.41. The third-order valence-corrected chi connectivity index (χ3v) is 1.03. The molecule has 0 saturated heterocycles. The maximum Gasteiger partial charge on any atom is 0.0613 e. The Balaban J connectivity index is 3.15. The molecule has 0 amide bonds. The maximum absolute atomic E-state index is 4.94. The van der Waals surface area contributed by atoms with Crippen LogP contribution in [0.15, 0.2) is 0 Å². The van der Waals surface area contributed by atoms with Crippen molar-refractivity contribution in [1.29, 1.82) is 0 Å². The molecule has 0 heterocycles. The Morgan fingerprint density at radius 2 is 1.89 bits per heavy atom. The van der Waals surface area contributed by atoms with Crippen molar-refractivity contribution in [2.45, 2.75) is 32.9 Å². The first kappa shape index (κ1) is 8.92. The summed E-state index contributed by atoms with van der Waals surface area (Å²) in [5.74, 6) is 0. The molecule has 0 unspecified atom stereocenters. The first-order chi connectivity index (χ1) is 4.16. The molecule has 9 heavy (non-hydrogen) atoms. The highest BCUT2D eigenvalue weighted by atomic mass is 16.5. The summed E-state index contributed by atoms with van der Waals surface area (Å²) in [5, 5.41) is 3.32. The molecular formula is C7H17NO. The molecule has 1 atom stereocenters. The molecule has 0 aliphatic carbocycles. The minimum Gasteiger partial charge on any atom is -0.383 e. The van der Waals surface area contributed by atoms with Crippen molar-refractivity contribution in [1.82, 2.24) is 5.32 Å². The predicted molar refractivity (Wildman–Crippen MR) is 39.6 cm³/mol. The van der Waals surface area contributed by atoms with E-state index in [-0.39, 0.29) is 0 Å². The van der Waals surface area contributed by atoms with E-state index >= 15 is 0 Å².